The molecule has 28 heavy (non-hydrogen) atoms. The number of benzene rings is 2. The summed E-state index contributed by atoms with van der Waals surface area (Å²) in [5.41, 5.74) is 1.21. The number of nitrogens with zero attached hydrogens (tertiary/aromatic N) is 2. The van der Waals surface area contributed by atoms with Gasteiger partial charge in [-0.3, -0.25) is 9.10 Å². The van der Waals surface area contributed by atoms with E-state index in [9.17, 15) is 13.2 Å². The number of amides is 1. The number of rotatable bonds is 6. The maximum absolute atomic E-state index is 12.9. The summed E-state index contributed by atoms with van der Waals surface area (Å²) in [5.74, 6) is 0.0524. The van der Waals surface area contributed by atoms with Crippen LogP contribution in [0.25, 0.3) is 0 Å². The number of sulfonamides is 1. The molecule has 150 valence electrons. The molecule has 0 aliphatic carbocycles. The van der Waals surface area contributed by atoms with Crippen LogP contribution in [0.1, 0.15) is 25.7 Å². The lowest BCUT2D eigenvalue weighted by Gasteiger charge is -2.21. The van der Waals surface area contributed by atoms with Gasteiger partial charge in [0, 0.05) is 25.8 Å². The molecular weight excluding hydrogens is 374 g/mol. The van der Waals surface area contributed by atoms with Gasteiger partial charge in [-0.2, -0.15) is 0 Å². The van der Waals surface area contributed by atoms with Crippen LogP contribution in [0.2, 0.25) is 0 Å². The topological polar surface area (TPSA) is 69.7 Å². The van der Waals surface area contributed by atoms with Crippen molar-refractivity contribution in [2.75, 3.05) is 36.3 Å². The highest BCUT2D eigenvalue weighted by molar-refractivity contribution is 7.92. The molecule has 0 radical (unpaired) electrons. The van der Waals surface area contributed by atoms with E-state index in [1.54, 1.807) is 48.5 Å². The Kier molecular flexibility index (Phi) is 6.57. The highest BCUT2D eigenvalue weighted by atomic mass is 32.2. The fraction of sp³-hybridized carbons (Fsp3) is 0.381. The van der Waals surface area contributed by atoms with Crippen LogP contribution in [0, 0.1) is 0 Å². The van der Waals surface area contributed by atoms with Gasteiger partial charge in [-0.15, -0.1) is 0 Å². The van der Waals surface area contributed by atoms with Crippen LogP contribution in [0.4, 0.5) is 11.4 Å². The van der Waals surface area contributed by atoms with Gasteiger partial charge in [-0.1, -0.05) is 37.1 Å². The molecule has 2 aromatic rings. The van der Waals surface area contributed by atoms with E-state index in [-0.39, 0.29) is 17.3 Å². The van der Waals surface area contributed by atoms with Crippen LogP contribution in [-0.2, 0) is 14.8 Å². The minimum atomic E-state index is -3.68. The van der Waals surface area contributed by atoms with Gasteiger partial charge in [0.15, 0.2) is 0 Å². The molecular formula is C21H27N3O3S. The zero-order valence-electron chi connectivity index (χ0n) is 16.2. The van der Waals surface area contributed by atoms with E-state index >= 15 is 0 Å². The van der Waals surface area contributed by atoms with E-state index in [0.29, 0.717) is 11.4 Å². The summed E-state index contributed by atoms with van der Waals surface area (Å²) in [4.78, 5) is 14.5. The molecule has 1 amide bonds. The number of likely N-dealkylation sites (tertiary alicyclic amines) is 1. The Morgan fingerprint density at radius 2 is 1.68 bits per heavy atom. The van der Waals surface area contributed by atoms with E-state index < -0.39 is 10.0 Å². The van der Waals surface area contributed by atoms with Gasteiger partial charge in [-0.05, 0) is 43.2 Å². The Bertz CT molecular complexity index is 892. The van der Waals surface area contributed by atoms with E-state index in [1.807, 2.05) is 11.0 Å². The van der Waals surface area contributed by atoms with Crippen molar-refractivity contribution >= 4 is 27.3 Å². The minimum Gasteiger partial charge on any atom is -0.376 e. The van der Waals surface area contributed by atoms with Crippen molar-refractivity contribution in [3.8, 4) is 0 Å². The van der Waals surface area contributed by atoms with Gasteiger partial charge in [-0.25, -0.2) is 8.42 Å². The molecule has 0 spiro atoms. The molecule has 0 unspecified atom stereocenters. The van der Waals surface area contributed by atoms with Crippen LogP contribution >= 0.6 is 0 Å². The fourth-order valence-corrected chi connectivity index (χ4v) is 4.55. The third-order valence-corrected chi connectivity index (χ3v) is 6.80. The van der Waals surface area contributed by atoms with Crippen molar-refractivity contribution in [3.63, 3.8) is 0 Å². The third kappa shape index (κ3) is 4.84. The molecule has 1 saturated heterocycles. The lowest BCUT2D eigenvalue weighted by atomic mass is 10.2. The van der Waals surface area contributed by atoms with Crippen molar-refractivity contribution in [1.82, 2.24) is 4.90 Å². The summed E-state index contributed by atoms with van der Waals surface area (Å²) in [6, 6.07) is 15.5. The highest BCUT2D eigenvalue weighted by Gasteiger charge is 2.21. The molecule has 6 nitrogen and oxygen atoms in total. The van der Waals surface area contributed by atoms with Gasteiger partial charge in [0.05, 0.1) is 17.1 Å². The number of hydrogen-bond donors (Lipinski definition) is 1. The Hall–Kier alpha value is -2.54. The van der Waals surface area contributed by atoms with Crippen LogP contribution in [0.5, 0.6) is 0 Å². The molecule has 0 aromatic heterocycles. The van der Waals surface area contributed by atoms with E-state index in [0.717, 1.165) is 25.9 Å². The Labute approximate surface area is 167 Å². The number of anilines is 2. The SMILES string of the molecule is CN(c1ccccc1)S(=O)(=O)c1cccc(NCC(=O)N2CCCCCC2)c1. The maximum atomic E-state index is 12.9. The molecule has 7 heteroatoms. The zero-order chi connectivity index (χ0) is 20.0. The summed E-state index contributed by atoms with van der Waals surface area (Å²) >= 11 is 0. The third-order valence-electron chi connectivity index (χ3n) is 5.01. The fourth-order valence-electron chi connectivity index (χ4n) is 3.31. The van der Waals surface area contributed by atoms with Crippen molar-refractivity contribution in [3.05, 3.63) is 54.6 Å². The monoisotopic (exact) mass is 401 g/mol. The first-order valence-corrected chi connectivity index (χ1v) is 11.1. The molecule has 1 aliphatic rings. The minimum absolute atomic E-state index is 0.0524. The first kappa shape index (κ1) is 20.2. The van der Waals surface area contributed by atoms with Crippen molar-refractivity contribution in [2.24, 2.45) is 0 Å². The first-order valence-electron chi connectivity index (χ1n) is 9.64. The number of nitrogens with one attached hydrogen (secondary N) is 1. The quantitative estimate of drug-likeness (QED) is 0.806. The summed E-state index contributed by atoms with van der Waals surface area (Å²) < 4.78 is 27.1. The Morgan fingerprint density at radius 3 is 2.36 bits per heavy atom. The van der Waals surface area contributed by atoms with Gasteiger partial charge < -0.3 is 10.2 Å². The van der Waals surface area contributed by atoms with E-state index in [2.05, 4.69) is 5.32 Å². The van der Waals surface area contributed by atoms with Gasteiger partial charge >= 0.3 is 0 Å². The molecule has 3 rings (SSSR count). The van der Waals surface area contributed by atoms with Gasteiger partial charge in [0.25, 0.3) is 10.0 Å². The summed E-state index contributed by atoms with van der Waals surface area (Å²) in [5, 5.41) is 3.08. The lowest BCUT2D eigenvalue weighted by molar-refractivity contribution is -0.129. The first-order chi connectivity index (χ1) is 13.5. The highest BCUT2D eigenvalue weighted by Crippen LogP contribution is 2.23. The molecule has 0 atom stereocenters. The largest absolute Gasteiger partial charge is 0.376 e. The molecule has 0 bridgehead atoms. The smallest absolute Gasteiger partial charge is 0.264 e. The van der Waals surface area contributed by atoms with E-state index in [1.165, 1.54) is 24.2 Å². The second kappa shape index (κ2) is 9.10. The summed E-state index contributed by atoms with van der Waals surface area (Å²) in [6.07, 6.45) is 4.44. The van der Waals surface area contributed by atoms with Gasteiger partial charge in [0.2, 0.25) is 5.91 Å². The summed E-state index contributed by atoms with van der Waals surface area (Å²) in [7, 11) is -2.15. The second-order valence-electron chi connectivity index (χ2n) is 6.98. The predicted molar refractivity (Wildman–Crippen MR) is 112 cm³/mol. The second-order valence-corrected chi connectivity index (χ2v) is 8.95. The van der Waals surface area contributed by atoms with Gasteiger partial charge in [0.1, 0.15) is 0 Å². The molecule has 0 saturated carbocycles. The average Bonchev–Trinajstić information content (AvgIpc) is 3.02. The molecule has 2 aromatic carbocycles. The normalized spacial score (nSPS) is 15.0. The summed E-state index contributed by atoms with van der Waals surface area (Å²) in [6.45, 7) is 1.77. The lowest BCUT2D eigenvalue weighted by Crippen LogP contribution is -2.36. The van der Waals surface area contributed by atoms with Crippen LogP contribution in [0.3, 0.4) is 0 Å². The van der Waals surface area contributed by atoms with Crippen LogP contribution in [0.15, 0.2) is 59.5 Å². The standard InChI is InChI=1S/C21H27N3O3S/c1-23(19-11-5-4-6-12-19)28(26,27)20-13-9-10-18(16-20)22-17-21(25)24-14-7-2-3-8-15-24/h4-6,9-13,16,22H,2-3,7-8,14-15,17H2,1H3. The Morgan fingerprint density at radius 1 is 1.00 bits per heavy atom. The molecule has 1 fully saturated rings. The molecule has 1 heterocycles. The Balaban J connectivity index is 1.68. The zero-order valence-corrected chi connectivity index (χ0v) is 17.0. The maximum Gasteiger partial charge on any atom is 0.264 e. The van der Waals surface area contributed by atoms with Crippen LogP contribution in [-0.4, -0.2) is 45.9 Å². The van der Waals surface area contributed by atoms with Crippen molar-refractivity contribution < 1.29 is 13.2 Å². The number of carbonyl (C=O) groups is 1. The van der Waals surface area contributed by atoms with Crippen molar-refractivity contribution in [2.45, 2.75) is 30.6 Å². The molecule has 1 N–H and O–H groups in total. The number of hydrogen-bond acceptors (Lipinski definition) is 4. The van der Waals surface area contributed by atoms with Crippen LogP contribution < -0.4 is 9.62 Å². The predicted octanol–water partition coefficient (Wildman–Crippen LogP) is 3.33. The van der Waals surface area contributed by atoms with Crippen molar-refractivity contribution in [1.29, 1.82) is 0 Å². The average molecular weight is 402 g/mol. The number of para-hydroxylation sites is 1. The number of carbonyl (C=O) groups excluding carboxylic acids is 1. The van der Waals surface area contributed by atoms with E-state index in [4.69, 9.17) is 0 Å². The molecule has 1 aliphatic heterocycles.